The van der Waals surface area contributed by atoms with E-state index in [2.05, 4.69) is 10.6 Å². The van der Waals surface area contributed by atoms with Gasteiger partial charge in [0.1, 0.15) is 6.04 Å². The zero-order chi connectivity index (χ0) is 28.1. The third-order valence-electron chi connectivity index (χ3n) is 6.21. The summed E-state index contributed by atoms with van der Waals surface area (Å²) in [5, 5.41) is 5.45. The molecule has 3 rings (SSSR count). The maximum Gasteiger partial charge on any atom is 0.417 e. The van der Waals surface area contributed by atoms with E-state index in [4.69, 9.17) is 9.47 Å². The number of carbonyl (C=O) groups is 2. The van der Waals surface area contributed by atoms with Crippen LogP contribution in [0.1, 0.15) is 30.9 Å². The van der Waals surface area contributed by atoms with Gasteiger partial charge in [0.2, 0.25) is 21.8 Å². The number of sulfonamides is 1. The van der Waals surface area contributed by atoms with Crippen molar-refractivity contribution in [2.24, 2.45) is 0 Å². The molecule has 1 aliphatic heterocycles. The van der Waals surface area contributed by atoms with Crippen LogP contribution in [0.4, 0.5) is 13.2 Å². The zero-order valence-electron chi connectivity index (χ0n) is 21.2. The van der Waals surface area contributed by atoms with Crippen LogP contribution in [0, 0.1) is 0 Å². The van der Waals surface area contributed by atoms with Gasteiger partial charge in [-0.15, -0.1) is 0 Å². The molecule has 1 aliphatic rings. The molecule has 9 nitrogen and oxygen atoms in total. The minimum atomic E-state index is -4.82. The molecular formula is C25H30F3N3O6S. The van der Waals surface area contributed by atoms with Crippen LogP contribution in [0.3, 0.4) is 0 Å². The molecule has 0 saturated carbocycles. The Morgan fingerprint density at radius 1 is 1.05 bits per heavy atom. The molecule has 13 heteroatoms. The molecular weight excluding hydrogens is 527 g/mol. The van der Waals surface area contributed by atoms with E-state index in [1.54, 1.807) is 18.2 Å². The van der Waals surface area contributed by atoms with Gasteiger partial charge in [-0.2, -0.15) is 17.5 Å². The Labute approximate surface area is 219 Å². The Morgan fingerprint density at radius 2 is 1.71 bits per heavy atom. The zero-order valence-corrected chi connectivity index (χ0v) is 22.0. The number of benzene rings is 2. The number of methoxy groups -OCH3 is 2. The third kappa shape index (κ3) is 6.76. The van der Waals surface area contributed by atoms with Crippen molar-refractivity contribution in [2.75, 3.05) is 27.3 Å². The number of hydrogen-bond donors (Lipinski definition) is 2. The number of hydrogen-bond acceptors (Lipinski definition) is 6. The number of nitrogens with one attached hydrogen (secondary N) is 2. The highest BCUT2D eigenvalue weighted by molar-refractivity contribution is 7.89. The molecule has 1 unspecified atom stereocenters. The van der Waals surface area contributed by atoms with Gasteiger partial charge in [-0.05, 0) is 31.0 Å². The van der Waals surface area contributed by atoms with E-state index in [-0.39, 0.29) is 32.4 Å². The highest BCUT2D eigenvalue weighted by atomic mass is 32.2. The van der Waals surface area contributed by atoms with Crippen LogP contribution >= 0.6 is 0 Å². The standard InChI is InChI=1S/C25H30F3N3O6S/c1-16(32)29-20(15-17-7-6-9-21(36-2)23(17)37-3)24(33)30-18-11-13-31(14-12-18)38(34,35)22-10-5-4-8-19(22)25(26,27)28/h4-10,18,20H,11-15H2,1-3H3,(H,29,32)(H,30,33). The first-order chi connectivity index (χ1) is 17.9. The summed E-state index contributed by atoms with van der Waals surface area (Å²) >= 11 is 0. The molecule has 2 N–H and O–H groups in total. The van der Waals surface area contributed by atoms with Gasteiger partial charge < -0.3 is 20.1 Å². The topological polar surface area (TPSA) is 114 Å². The Kier molecular flexibility index (Phi) is 9.26. The van der Waals surface area contributed by atoms with Crippen molar-refractivity contribution in [3.8, 4) is 11.5 Å². The predicted octanol–water partition coefficient (Wildman–Crippen LogP) is 2.74. The van der Waals surface area contributed by atoms with Crippen molar-refractivity contribution in [2.45, 2.75) is 49.3 Å². The van der Waals surface area contributed by atoms with Crippen molar-refractivity contribution in [1.29, 1.82) is 0 Å². The molecule has 0 spiro atoms. The van der Waals surface area contributed by atoms with Gasteiger partial charge in [0, 0.05) is 38.0 Å². The number of nitrogens with zero attached hydrogens (tertiary/aromatic N) is 1. The predicted molar refractivity (Wildman–Crippen MR) is 132 cm³/mol. The second kappa shape index (κ2) is 12.0. The molecule has 0 aromatic heterocycles. The summed E-state index contributed by atoms with van der Waals surface area (Å²) in [4.78, 5) is 24.1. The largest absolute Gasteiger partial charge is 0.493 e. The molecule has 1 atom stereocenters. The van der Waals surface area contributed by atoms with E-state index in [0.717, 1.165) is 22.5 Å². The molecule has 2 amide bonds. The van der Waals surface area contributed by atoms with Gasteiger partial charge in [0.05, 0.1) is 24.7 Å². The number of piperidine rings is 1. The summed E-state index contributed by atoms with van der Waals surface area (Å²) in [7, 11) is -1.45. The molecule has 1 heterocycles. The van der Waals surface area contributed by atoms with Gasteiger partial charge in [-0.3, -0.25) is 9.59 Å². The highest BCUT2D eigenvalue weighted by Crippen LogP contribution is 2.36. The Bertz CT molecular complexity index is 1260. The number of halogens is 3. The fraction of sp³-hybridized carbons (Fsp3) is 0.440. The lowest BCUT2D eigenvalue weighted by Crippen LogP contribution is -2.53. The molecule has 2 aromatic rings. The summed E-state index contributed by atoms with van der Waals surface area (Å²) in [6.45, 7) is 1.13. The summed E-state index contributed by atoms with van der Waals surface area (Å²) in [6.07, 6.45) is -4.34. The number of rotatable bonds is 9. The number of ether oxygens (including phenoxy) is 2. The van der Waals surface area contributed by atoms with Gasteiger partial charge in [-0.1, -0.05) is 24.3 Å². The smallest absolute Gasteiger partial charge is 0.417 e. The molecule has 0 aliphatic carbocycles. The van der Waals surface area contributed by atoms with Crippen molar-refractivity contribution in [3.63, 3.8) is 0 Å². The van der Waals surface area contributed by atoms with Crippen LogP contribution in [0.25, 0.3) is 0 Å². The number of alkyl halides is 3. The fourth-order valence-electron chi connectivity index (χ4n) is 4.40. The molecule has 1 saturated heterocycles. The van der Waals surface area contributed by atoms with Gasteiger partial charge in [-0.25, -0.2) is 8.42 Å². The number of para-hydroxylation sites is 1. The molecule has 1 fully saturated rings. The summed E-state index contributed by atoms with van der Waals surface area (Å²) in [5.41, 5.74) is -0.591. The summed E-state index contributed by atoms with van der Waals surface area (Å²) < 4.78 is 77.9. The van der Waals surface area contributed by atoms with Gasteiger partial charge in [0.25, 0.3) is 0 Å². The van der Waals surface area contributed by atoms with Crippen LogP contribution in [0.2, 0.25) is 0 Å². The molecule has 38 heavy (non-hydrogen) atoms. The molecule has 0 bridgehead atoms. The maximum atomic E-state index is 13.4. The minimum Gasteiger partial charge on any atom is -0.493 e. The molecule has 208 valence electrons. The minimum absolute atomic E-state index is 0.0754. The Hall–Kier alpha value is -3.32. The average molecular weight is 558 g/mol. The first kappa shape index (κ1) is 29.2. The van der Waals surface area contributed by atoms with Gasteiger partial charge >= 0.3 is 6.18 Å². The summed E-state index contributed by atoms with van der Waals surface area (Å²) in [6, 6.07) is 7.84. The maximum absolute atomic E-state index is 13.4. The van der Waals surface area contributed by atoms with Crippen LogP contribution in [0.15, 0.2) is 47.4 Å². The summed E-state index contributed by atoms with van der Waals surface area (Å²) in [5.74, 6) is -0.00600. The van der Waals surface area contributed by atoms with Gasteiger partial charge in [0.15, 0.2) is 11.5 Å². The van der Waals surface area contributed by atoms with Crippen molar-refractivity contribution in [1.82, 2.24) is 14.9 Å². The lowest BCUT2D eigenvalue weighted by atomic mass is 10.0. The van der Waals surface area contributed by atoms with Crippen LogP contribution in [-0.4, -0.2) is 63.9 Å². The first-order valence-electron chi connectivity index (χ1n) is 11.8. The average Bonchev–Trinajstić information content (AvgIpc) is 2.87. The SMILES string of the molecule is COc1cccc(CC(NC(C)=O)C(=O)NC2CCN(S(=O)(=O)c3ccccc3C(F)(F)F)CC2)c1OC. The number of carbonyl (C=O) groups excluding carboxylic acids is 2. The van der Waals surface area contributed by atoms with Crippen LogP contribution < -0.4 is 20.1 Å². The molecule has 0 radical (unpaired) electrons. The van der Waals surface area contributed by atoms with Crippen molar-refractivity contribution < 1.29 is 40.7 Å². The van der Waals surface area contributed by atoms with E-state index in [1.165, 1.54) is 27.2 Å². The Morgan fingerprint density at radius 3 is 2.29 bits per heavy atom. The van der Waals surface area contributed by atoms with E-state index < -0.39 is 50.6 Å². The van der Waals surface area contributed by atoms with Crippen molar-refractivity contribution >= 4 is 21.8 Å². The second-order valence-corrected chi connectivity index (χ2v) is 10.7. The fourth-order valence-corrected chi connectivity index (χ4v) is 6.08. The monoisotopic (exact) mass is 557 g/mol. The van der Waals surface area contributed by atoms with Crippen LogP contribution in [-0.2, 0) is 32.2 Å². The quantitative estimate of drug-likeness (QED) is 0.490. The Balaban J connectivity index is 1.70. The highest BCUT2D eigenvalue weighted by Gasteiger charge is 2.40. The lowest BCUT2D eigenvalue weighted by molar-refractivity contribution is -0.140. The molecule has 2 aromatic carbocycles. The van der Waals surface area contributed by atoms with Crippen LogP contribution in [0.5, 0.6) is 11.5 Å². The third-order valence-corrected chi connectivity index (χ3v) is 8.17. The first-order valence-corrected chi connectivity index (χ1v) is 13.3. The number of amides is 2. The lowest BCUT2D eigenvalue weighted by Gasteiger charge is -2.33. The van der Waals surface area contributed by atoms with E-state index >= 15 is 0 Å². The van der Waals surface area contributed by atoms with E-state index in [9.17, 15) is 31.2 Å². The second-order valence-electron chi connectivity index (χ2n) is 8.79. The van der Waals surface area contributed by atoms with Crippen molar-refractivity contribution in [3.05, 3.63) is 53.6 Å². The van der Waals surface area contributed by atoms with E-state index in [0.29, 0.717) is 17.1 Å². The van der Waals surface area contributed by atoms with E-state index in [1.807, 2.05) is 0 Å². The normalized spacial score (nSPS) is 15.9.